The smallest absolute Gasteiger partial charge is 0.269 e. The van der Waals surface area contributed by atoms with Crippen molar-refractivity contribution in [3.05, 3.63) is 39.7 Å². The van der Waals surface area contributed by atoms with E-state index in [4.69, 9.17) is 9.47 Å². The molecule has 166 valence electrons. The maximum Gasteiger partial charge on any atom is 0.269 e. The van der Waals surface area contributed by atoms with Gasteiger partial charge in [-0.15, -0.1) is 0 Å². The molecule has 1 aliphatic carbocycles. The van der Waals surface area contributed by atoms with Gasteiger partial charge >= 0.3 is 0 Å². The Kier molecular flexibility index (Phi) is 6.24. The van der Waals surface area contributed by atoms with Crippen molar-refractivity contribution in [3.8, 4) is 0 Å². The van der Waals surface area contributed by atoms with Crippen LogP contribution in [0, 0.1) is 15.9 Å². The van der Waals surface area contributed by atoms with Crippen molar-refractivity contribution < 1.29 is 31.6 Å². The number of nitro benzene ring substituents is 1. The Hall–Kier alpha value is -2.38. The zero-order valence-corrected chi connectivity index (χ0v) is 17.2. The normalized spacial score (nSPS) is 28.9. The molecule has 0 amide bonds. The number of hydrogen-bond donors (Lipinski definition) is 1. The first kappa shape index (κ1) is 22.3. The SMILES string of the molecule is COCCOCN=C1NC2(c3cc([N+](=O)[O-])ccc3F)CC(F)CC2S(=O)(=O)N1C. The van der Waals surface area contributed by atoms with Gasteiger partial charge in [-0.25, -0.2) is 26.5 Å². The molecule has 0 bridgehead atoms. The van der Waals surface area contributed by atoms with E-state index in [0.29, 0.717) is 6.61 Å². The zero-order valence-electron chi connectivity index (χ0n) is 16.4. The van der Waals surface area contributed by atoms with Crippen molar-refractivity contribution in [3.63, 3.8) is 0 Å². The Balaban J connectivity index is 2.07. The van der Waals surface area contributed by atoms with Crippen LogP contribution in [0.3, 0.4) is 0 Å². The first-order chi connectivity index (χ1) is 14.1. The maximum atomic E-state index is 14.8. The van der Waals surface area contributed by atoms with Crippen LogP contribution in [0.2, 0.25) is 0 Å². The van der Waals surface area contributed by atoms with Gasteiger partial charge in [0.25, 0.3) is 5.69 Å². The van der Waals surface area contributed by atoms with Crippen LogP contribution in [-0.4, -0.2) is 69.1 Å². The Morgan fingerprint density at radius 1 is 1.43 bits per heavy atom. The lowest BCUT2D eigenvalue weighted by atomic mass is 9.86. The van der Waals surface area contributed by atoms with Crippen LogP contribution in [0.25, 0.3) is 0 Å². The van der Waals surface area contributed by atoms with Crippen molar-refractivity contribution >= 4 is 21.7 Å². The molecule has 1 N–H and O–H groups in total. The predicted octanol–water partition coefficient (Wildman–Crippen LogP) is 1.27. The van der Waals surface area contributed by atoms with Gasteiger partial charge in [-0.05, 0) is 12.5 Å². The molecule has 1 aromatic carbocycles. The molecule has 2 fully saturated rings. The Bertz CT molecular complexity index is 960. The standard InChI is InChI=1S/C17H22F2N4O6S/c1-22-16(20-10-29-6-5-28-2)21-17(9-11(18)7-15(17)30(22,26)27)13-8-12(23(24)25)3-4-14(13)19/h3-4,8,11,15H,5-7,9-10H2,1-2H3,(H,20,21). The molecular formula is C17H22F2N4O6S. The van der Waals surface area contributed by atoms with Crippen LogP contribution in [0.4, 0.5) is 14.5 Å². The van der Waals surface area contributed by atoms with Crippen molar-refractivity contribution in [1.82, 2.24) is 9.62 Å². The van der Waals surface area contributed by atoms with Gasteiger partial charge in [-0.3, -0.25) is 10.1 Å². The number of methoxy groups -OCH3 is 1. The van der Waals surface area contributed by atoms with Crippen LogP contribution >= 0.6 is 0 Å². The number of non-ortho nitro benzene ring substituents is 1. The summed E-state index contributed by atoms with van der Waals surface area (Å²) in [7, 11) is -1.41. The number of fused-ring (bicyclic) bond motifs is 1. The molecule has 1 saturated carbocycles. The predicted molar refractivity (Wildman–Crippen MR) is 103 cm³/mol. The highest BCUT2D eigenvalue weighted by Crippen LogP contribution is 2.48. The zero-order chi connectivity index (χ0) is 22.1. The first-order valence-corrected chi connectivity index (χ1v) is 10.6. The lowest BCUT2D eigenvalue weighted by molar-refractivity contribution is -0.385. The molecule has 3 rings (SSSR count). The van der Waals surface area contributed by atoms with Gasteiger partial charge in [0.2, 0.25) is 16.0 Å². The molecule has 1 aromatic rings. The van der Waals surface area contributed by atoms with E-state index in [1.54, 1.807) is 0 Å². The number of halogens is 2. The van der Waals surface area contributed by atoms with E-state index in [1.807, 2.05) is 0 Å². The van der Waals surface area contributed by atoms with E-state index in [0.717, 1.165) is 22.5 Å². The summed E-state index contributed by atoms with van der Waals surface area (Å²) in [4.78, 5) is 14.5. The fourth-order valence-corrected chi connectivity index (χ4v) is 5.84. The van der Waals surface area contributed by atoms with E-state index in [1.165, 1.54) is 14.2 Å². The lowest BCUT2D eigenvalue weighted by Crippen LogP contribution is -2.65. The van der Waals surface area contributed by atoms with Crippen LogP contribution in [0.15, 0.2) is 23.2 Å². The molecule has 0 aromatic heterocycles. The topological polar surface area (TPSA) is 123 Å². The fraction of sp³-hybridized carbons (Fsp3) is 0.588. The number of nitrogens with zero attached hydrogens (tertiary/aromatic N) is 3. The van der Waals surface area contributed by atoms with Crippen molar-refractivity contribution in [1.29, 1.82) is 0 Å². The number of aliphatic imine (C=N–C) groups is 1. The summed E-state index contributed by atoms with van der Waals surface area (Å²) < 4.78 is 66.4. The summed E-state index contributed by atoms with van der Waals surface area (Å²) >= 11 is 0. The van der Waals surface area contributed by atoms with E-state index < -0.39 is 43.4 Å². The molecule has 3 unspecified atom stereocenters. The average molecular weight is 448 g/mol. The summed E-state index contributed by atoms with van der Waals surface area (Å²) in [5, 5.41) is 12.7. The summed E-state index contributed by atoms with van der Waals surface area (Å²) in [6.45, 7) is 0.299. The molecule has 2 aliphatic rings. The molecule has 10 nitrogen and oxygen atoms in total. The van der Waals surface area contributed by atoms with Crippen LogP contribution < -0.4 is 5.32 Å². The minimum Gasteiger partial charge on any atom is -0.382 e. The number of guanidine groups is 1. The molecule has 13 heteroatoms. The highest BCUT2D eigenvalue weighted by atomic mass is 32.2. The summed E-state index contributed by atoms with van der Waals surface area (Å²) in [5.74, 6) is -1.04. The van der Waals surface area contributed by atoms with Crippen LogP contribution in [0.5, 0.6) is 0 Å². The molecule has 3 atom stereocenters. The lowest BCUT2D eigenvalue weighted by Gasteiger charge is -2.44. The number of nitro groups is 1. The van der Waals surface area contributed by atoms with Crippen molar-refractivity contribution in [2.45, 2.75) is 29.8 Å². The third-order valence-corrected chi connectivity index (χ3v) is 7.57. The number of hydrogen-bond acceptors (Lipinski definition) is 7. The first-order valence-electron chi connectivity index (χ1n) is 9.09. The monoisotopic (exact) mass is 448 g/mol. The molecule has 0 radical (unpaired) electrons. The highest BCUT2D eigenvalue weighted by molar-refractivity contribution is 7.90. The second-order valence-electron chi connectivity index (χ2n) is 7.07. The van der Waals surface area contributed by atoms with Crippen molar-refractivity contribution in [2.24, 2.45) is 4.99 Å². The Morgan fingerprint density at radius 2 is 2.17 bits per heavy atom. The third kappa shape index (κ3) is 3.84. The minimum atomic E-state index is -4.14. The summed E-state index contributed by atoms with van der Waals surface area (Å²) in [6.07, 6.45) is -2.31. The van der Waals surface area contributed by atoms with E-state index in [2.05, 4.69) is 10.3 Å². The van der Waals surface area contributed by atoms with E-state index in [-0.39, 0.29) is 37.7 Å². The van der Waals surface area contributed by atoms with Crippen LogP contribution in [0.1, 0.15) is 18.4 Å². The number of ether oxygens (including phenoxy) is 2. The summed E-state index contributed by atoms with van der Waals surface area (Å²) in [5.41, 5.74) is -2.46. The van der Waals surface area contributed by atoms with E-state index >= 15 is 0 Å². The quantitative estimate of drug-likeness (QED) is 0.378. The number of nitrogens with one attached hydrogen (secondary N) is 1. The van der Waals surface area contributed by atoms with Crippen molar-refractivity contribution in [2.75, 3.05) is 34.1 Å². The van der Waals surface area contributed by atoms with Gasteiger partial charge in [-0.1, -0.05) is 0 Å². The third-order valence-electron chi connectivity index (χ3n) is 5.32. The second kappa shape index (κ2) is 8.40. The second-order valence-corrected chi connectivity index (χ2v) is 9.21. The highest BCUT2D eigenvalue weighted by Gasteiger charge is 2.61. The van der Waals surface area contributed by atoms with Gasteiger partial charge in [0.1, 0.15) is 24.0 Å². The number of alkyl halides is 1. The Labute approximate surface area is 172 Å². The fourth-order valence-electron chi connectivity index (χ4n) is 3.87. The molecule has 1 heterocycles. The average Bonchev–Trinajstić information content (AvgIpc) is 3.04. The molecule has 1 saturated heterocycles. The number of benzene rings is 1. The van der Waals surface area contributed by atoms with E-state index in [9.17, 15) is 27.3 Å². The molecule has 0 spiro atoms. The van der Waals surface area contributed by atoms with Gasteiger partial charge in [-0.2, -0.15) is 0 Å². The van der Waals surface area contributed by atoms with Gasteiger partial charge in [0.15, 0.2) is 0 Å². The van der Waals surface area contributed by atoms with Gasteiger partial charge < -0.3 is 14.8 Å². The van der Waals surface area contributed by atoms with Gasteiger partial charge in [0, 0.05) is 38.3 Å². The molecule has 1 aliphatic heterocycles. The van der Waals surface area contributed by atoms with Gasteiger partial charge in [0.05, 0.1) is 23.7 Å². The molecular weight excluding hydrogens is 426 g/mol. The maximum absolute atomic E-state index is 14.8. The Morgan fingerprint density at radius 3 is 2.83 bits per heavy atom. The molecule has 30 heavy (non-hydrogen) atoms. The van der Waals surface area contributed by atoms with Crippen LogP contribution in [-0.2, 0) is 25.0 Å². The summed E-state index contributed by atoms with van der Waals surface area (Å²) in [6, 6.07) is 2.79. The number of sulfonamides is 1. The number of rotatable bonds is 7. The minimum absolute atomic E-state index is 0.163. The largest absolute Gasteiger partial charge is 0.382 e.